The lowest BCUT2D eigenvalue weighted by molar-refractivity contribution is -0.384. The topological polar surface area (TPSA) is 163 Å². The number of halogens is 1. The Hall–Kier alpha value is -5.74. The number of sulfonamides is 1. The van der Waals surface area contributed by atoms with E-state index in [0.717, 1.165) is 74.2 Å². The number of nitro benzene ring substituents is 1. The molecule has 61 heavy (non-hydrogen) atoms. The molecule has 16 heteroatoms. The Morgan fingerprint density at radius 1 is 0.902 bits per heavy atom. The van der Waals surface area contributed by atoms with Crippen LogP contribution in [-0.4, -0.2) is 78.1 Å². The molecular weight excluding hydrogens is 832 g/mol. The molecule has 1 amide bonds. The molecule has 8 rings (SSSR count). The minimum atomic E-state index is -4.33. The molecule has 2 aliphatic rings. The molecule has 5 aromatic carbocycles. The first-order chi connectivity index (χ1) is 29.6. The van der Waals surface area contributed by atoms with Crippen LogP contribution in [0.15, 0.2) is 131 Å². The molecular formula is C45H45ClN8O5S2. The van der Waals surface area contributed by atoms with Gasteiger partial charge in [-0.2, -0.15) is 0 Å². The third-order valence-electron chi connectivity index (χ3n) is 11.1. The number of thioether (sulfide) groups is 1. The highest BCUT2D eigenvalue weighted by atomic mass is 35.5. The van der Waals surface area contributed by atoms with E-state index in [1.54, 1.807) is 6.07 Å². The van der Waals surface area contributed by atoms with Crippen molar-refractivity contribution in [2.24, 2.45) is 0 Å². The van der Waals surface area contributed by atoms with Crippen LogP contribution in [0.25, 0.3) is 22.0 Å². The van der Waals surface area contributed by atoms with Crippen LogP contribution >= 0.6 is 23.4 Å². The van der Waals surface area contributed by atoms with Crippen LogP contribution in [0, 0.1) is 10.1 Å². The maximum absolute atomic E-state index is 13.8. The molecule has 2 heterocycles. The molecule has 314 valence electrons. The highest BCUT2D eigenvalue weighted by Gasteiger charge is 2.27. The number of hydrogen-bond acceptors (Lipinski definition) is 11. The number of benzene rings is 5. The molecule has 2 fully saturated rings. The summed E-state index contributed by atoms with van der Waals surface area (Å²) in [5.41, 5.74) is 4.76. The monoisotopic (exact) mass is 876 g/mol. The first-order valence-electron chi connectivity index (χ1n) is 20.2. The van der Waals surface area contributed by atoms with Gasteiger partial charge in [-0.1, -0.05) is 66.2 Å². The quantitative estimate of drug-likeness (QED) is 0.0485. The van der Waals surface area contributed by atoms with Gasteiger partial charge in [0.25, 0.3) is 15.7 Å². The van der Waals surface area contributed by atoms with Crippen molar-refractivity contribution < 1.29 is 18.1 Å². The minimum Gasteiger partial charge on any atom is -0.375 e. The number of carbonyl (C=O) groups is 1. The van der Waals surface area contributed by atoms with Crippen molar-refractivity contribution in [3.8, 4) is 11.1 Å². The van der Waals surface area contributed by atoms with Crippen LogP contribution in [0.5, 0.6) is 0 Å². The summed E-state index contributed by atoms with van der Waals surface area (Å²) in [6.45, 7) is 4.11. The number of amides is 1. The number of nitrogens with one attached hydrogen (secondary N) is 3. The van der Waals surface area contributed by atoms with Crippen LogP contribution in [0.3, 0.4) is 0 Å². The second kappa shape index (κ2) is 18.9. The van der Waals surface area contributed by atoms with Gasteiger partial charge in [-0.25, -0.2) is 18.4 Å². The summed E-state index contributed by atoms with van der Waals surface area (Å²) < 4.78 is 30.1. The van der Waals surface area contributed by atoms with Gasteiger partial charge in [0, 0.05) is 84.0 Å². The average molecular weight is 877 g/mol. The van der Waals surface area contributed by atoms with Gasteiger partial charge in [0.05, 0.1) is 15.3 Å². The van der Waals surface area contributed by atoms with Gasteiger partial charge in [0.15, 0.2) is 5.82 Å². The van der Waals surface area contributed by atoms with Gasteiger partial charge in [-0.05, 0) is 90.6 Å². The van der Waals surface area contributed by atoms with Crippen LogP contribution in [0.4, 0.5) is 22.9 Å². The maximum atomic E-state index is 13.8. The number of piperazine rings is 1. The maximum Gasteiger partial charge on any atom is 0.293 e. The van der Waals surface area contributed by atoms with E-state index in [1.807, 2.05) is 66.7 Å². The largest absolute Gasteiger partial charge is 0.375 e. The zero-order valence-corrected chi connectivity index (χ0v) is 35.6. The van der Waals surface area contributed by atoms with Crippen LogP contribution in [0.2, 0.25) is 5.02 Å². The third-order valence-corrected chi connectivity index (χ3v) is 13.9. The number of aromatic nitrogens is 2. The summed E-state index contributed by atoms with van der Waals surface area (Å²) in [6, 6.07) is 35.0. The van der Waals surface area contributed by atoms with Gasteiger partial charge in [-0.3, -0.25) is 24.5 Å². The molecule has 1 aliphatic carbocycles. The van der Waals surface area contributed by atoms with Crippen molar-refractivity contribution in [3.05, 3.63) is 142 Å². The second-order valence-corrected chi connectivity index (χ2v) is 18.5. The van der Waals surface area contributed by atoms with E-state index >= 15 is 0 Å². The van der Waals surface area contributed by atoms with Crippen molar-refractivity contribution in [3.63, 3.8) is 0 Å². The molecule has 1 aliphatic heterocycles. The number of fused-ring (bicyclic) bond motifs is 1. The van der Waals surface area contributed by atoms with E-state index in [-0.39, 0.29) is 34.8 Å². The molecule has 0 spiro atoms. The Labute approximate surface area is 364 Å². The summed E-state index contributed by atoms with van der Waals surface area (Å²) in [4.78, 5) is 38.8. The van der Waals surface area contributed by atoms with Gasteiger partial charge >= 0.3 is 0 Å². The standard InChI is InChI=1S/C45H45ClN8O5S2/c46-33-15-13-31(14-16-33)39-12-5-4-7-32(39)28-52-21-23-53(24-22-52)36-17-19-40-42(26-36)47-30-48-45(40)51-61(58,59)38-18-20-41(43(27-38)54(56)57)49-35(25-44(55)50-34-8-6-9-34)29-60-37-10-2-1-3-11-37/h1-5,7,10-20,26-27,30,34-35,49H,6,8-9,21-25,28-29H2,(H,50,55)(H,47,48,51)/t35-/m1/s1. The van der Waals surface area contributed by atoms with E-state index < -0.39 is 26.7 Å². The number of hydrogen-bond donors (Lipinski definition) is 3. The van der Waals surface area contributed by atoms with Gasteiger partial charge < -0.3 is 15.5 Å². The second-order valence-electron chi connectivity index (χ2n) is 15.3. The number of nitro groups is 1. The fourth-order valence-electron chi connectivity index (χ4n) is 7.58. The SMILES string of the molecule is O=C(C[C@H](CSc1ccccc1)Nc1ccc(S(=O)(=O)Nc2ncnc3cc(N4CCN(Cc5ccccc5-c5ccc(Cl)cc5)CC4)ccc23)cc1[N+](=O)[O-])NC1CCC1. The Balaban J connectivity index is 0.938. The summed E-state index contributed by atoms with van der Waals surface area (Å²) >= 11 is 7.67. The first-order valence-corrected chi connectivity index (χ1v) is 23.0. The lowest BCUT2D eigenvalue weighted by Crippen LogP contribution is -2.46. The van der Waals surface area contributed by atoms with Crippen LogP contribution < -0.4 is 20.3 Å². The number of carbonyl (C=O) groups excluding carboxylic acids is 1. The Kier molecular flexibility index (Phi) is 13.0. The van der Waals surface area contributed by atoms with Crippen LogP contribution in [-0.2, 0) is 21.4 Å². The summed E-state index contributed by atoms with van der Waals surface area (Å²) in [7, 11) is -4.33. The van der Waals surface area contributed by atoms with Gasteiger partial charge in [0.2, 0.25) is 5.91 Å². The fourth-order valence-corrected chi connectivity index (χ4v) is 9.70. The molecule has 1 saturated carbocycles. The van der Waals surface area contributed by atoms with Gasteiger partial charge in [0.1, 0.15) is 12.0 Å². The van der Waals surface area contributed by atoms with Crippen molar-refractivity contribution in [2.75, 3.05) is 46.9 Å². The Bertz CT molecular complexity index is 2630. The van der Waals surface area contributed by atoms with E-state index in [0.29, 0.717) is 21.7 Å². The molecule has 1 saturated heterocycles. The number of rotatable bonds is 16. The third kappa shape index (κ3) is 10.4. The van der Waals surface area contributed by atoms with E-state index in [9.17, 15) is 23.3 Å². The summed E-state index contributed by atoms with van der Waals surface area (Å²) in [5, 5.41) is 19.8. The smallest absolute Gasteiger partial charge is 0.293 e. The van der Waals surface area contributed by atoms with E-state index in [4.69, 9.17) is 11.6 Å². The molecule has 13 nitrogen and oxygen atoms in total. The predicted octanol–water partition coefficient (Wildman–Crippen LogP) is 8.61. The van der Waals surface area contributed by atoms with E-state index in [2.05, 4.69) is 59.4 Å². The predicted molar refractivity (Wildman–Crippen MR) is 243 cm³/mol. The average Bonchev–Trinajstić information content (AvgIpc) is 3.25. The summed E-state index contributed by atoms with van der Waals surface area (Å²) in [6.07, 6.45) is 4.33. The highest BCUT2D eigenvalue weighted by Crippen LogP contribution is 2.33. The van der Waals surface area contributed by atoms with Crippen molar-refractivity contribution >= 4 is 73.1 Å². The Morgan fingerprint density at radius 3 is 2.39 bits per heavy atom. The fraction of sp³-hybridized carbons (Fsp3) is 0.267. The highest BCUT2D eigenvalue weighted by molar-refractivity contribution is 7.99. The minimum absolute atomic E-state index is 0.0565. The van der Waals surface area contributed by atoms with Gasteiger partial charge in [-0.15, -0.1) is 11.8 Å². The molecule has 1 aromatic heterocycles. The van der Waals surface area contributed by atoms with Crippen LogP contribution in [0.1, 0.15) is 31.2 Å². The van der Waals surface area contributed by atoms with Crippen molar-refractivity contribution in [2.45, 2.75) is 54.1 Å². The number of anilines is 3. The normalized spacial score (nSPS) is 15.2. The zero-order chi connectivity index (χ0) is 42.3. The molecule has 0 unspecified atom stereocenters. The van der Waals surface area contributed by atoms with E-state index in [1.165, 1.54) is 41.3 Å². The number of nitrogens with zero attached hydrogens (tertiary/aromatic N) is 5. The summed E-state index contributed by atoms with van der Waals surface area (Å²) in [5.74, 6) is 0.360. The van der Waals surface area contributed by atoms with Crippen molar-refractivity contribution in [1.29, 1.82) is 0 Å². The molecule has 1 atom stereocenters. The van der Waals surface area contributed by atoms with Crippen molar-refractivity contribution in [1.82, 2.24) is 20.2 Å². The Morgan fingerprint density at radius 2 is 1.66 bits per heavy atom. The molecule has 3 N–H and O–H groups in total. The molecule has 0 radical (unpaired) electrons. The lowest BCUT2D eigenvalue weighted by atomic mass is 9.93. The molecule has 0 bridgehead atoms. The first kappa shape index (κ1) is 42.0. The zero-order valence-electron chi connectivity index (χ0n) is 33.2. The molecule has 6 aromatic rings. The lowest BCUT2D eigenvalue weighted by Gasteiger charge is -2.36.